The van der Waals surface area contributed by atoms with Gasteiger partial charge >= 0.3 is 0 Å². The topological polar surface area (TPSA) is 0 Å². The van der Waals surface area contributed by atoms with Gasteiger partial charge in [0.15, 0.2) is 0 Å². The van der Waals surface area contributed by atoms with Crippen molar-refractivity contribution in [2.24, 2.45) is 29.6 Å². The monoisotopic (exact) mass is 278 g/mol. The second kappa shape index (κ2) is 9.64. The minimum absolute atomic E-state index is 0.859. The van der Waals surface area contributed by atoms with Crippen molar-refractivity contribution in [1.82, 2.24) is 0 Å². The zero-order valence-electron chi connectivity index (χ0n) is 14.7. The Balaban J connectivity index is 2.30. The van der Waals surface area contributed by atoms with Crippen molar-refractivity contribution in [3.63, 3.8) is 0 Å². The van der Waals surface area contributed by atoms with E-state index in [2.05, 4.69) is 46.8 Å². The molecule has 0 aromatic heterocycles. The molecule has 20 heavy (non-hydrogen) atoms. The maximum absolute atomic E-state index is 2.56. The van der Waals surface area contributed by atoms with E-state index in [0.29, 0.717) is 0 Å². The van der Waals surface area contributed by atoms with E-state index >= 15 is 0 Å². The number of hydrogen-bond donors (Lipinski definition) is 0. The van der Waals surface area contributed by atoms with Gasteiger partial charge in [0.2, 0.25) is 0 Å². The van der Waals surface area contributed by atoms with Crippen LogP contribution < -0.4 is 0 Å². The summed E-state index contributed by atoms with van der Waals surface area (Å²) in [6.07, 6.45) is 16.3. The highest BCUT2D eigenvalue weighted by Crippen LogP contribution is 2.34. The normalized spacial score (nSPS) is 28.0. The van der Waals surface area contributed by atoms with Crippen molar-refractivity contribution in [2.75, 3.05) is 0 Å². The van der Waals surface area contributed by atoms with Gasteiger partial charge in [-0.15, -0.1) is 0 Å². The number of rotatable bonds is 9. The van der Waals surface area contributed by atoms with Gasteiger partial charge in [-0.1, -0.05) is 78.9 Å². The van der Waals surface area contributed by atoms with Crippen LogP contribution in [-0.2, 0) is 0 Å². The van der Waals surface area contributed by atoms with Crippen LogP contribution in [0.3, 0.4) is 0 Å². The largest absolute Gasteiger partial charge is 0.0851 e. The van der Waals surface area contributed by atoms with Gasteiger partial charge in [0.1, 0.15) is 0 Å². The van der Waals surface area contributed by atoms with Crippen LogP contribution in [0.5, 0.6) is 0 Å². The molecule has 4 atom stereocenters. The summed E-state index contributed by atoms with van der Waals surface area (Å²) in [5, 5.41) is 0. The van der Waals surface area contributed by atoms with E-state index in [1.165, 1.54) is 51.4 Å². The summed E-state index contributed by atoms with van der Waals surface area (Å²) in [4.78, 5) is 0. The van der Waals surface area contributed by atoms with Crippen molar-refractivity contribution < 1.29 is 0 Å². The SMILES string of the molecule is CCCCC1C=CC(CCCC(CC)C(C)C)C(C)C1. The van der Waals surface area contributed by atoms with Crippen LogP contribution in [0, 0.1) is 29.6 Å². The van der Waals surface area contributed by atoms with Gasteiger partial charge in [-0.3, -0.25) is 0 Å². The molecule has 0 aliphatic heterocycles. The Kier molecular flexibility index (Phi) is 8.57. The van der Waals surface area contributed by atoms with Crippen molar-refractivity contribution in [3.05, 3.63) is 12.2 Å². The van der Waals surface area contributed by atoms with E-state index in [1.54, 1.807) is 0 Å². The Morgan fingerprint density at radius 3 is 2.35 bits per heavy atom. The van der Waals surface area contributed by atoms with Gasteiger partial charge in [0.25, 0.3) is 0 Å². The number of unbranched alkanes of at least 4 members (excludes halogenated alkanes) is 1. The molecule has 0 heterocycles. The summed E-state index contributed by atoms with van der Waals surface area (Å²) in [6, 6.07) is 0. The predicted molar refractivity (Wildman–Crippen MR) is 91.9 cm³/mol. The first kappa shape index (κ1) is 17.8. The third-order valence-corrected chi connectivity index (χ3v) is 5.54. The Hall–Kier alpha value is -0.260. The smallest absolute Gasteiger partial charge is 0.0207 e. The molecule has 0 aromatic carbocycles. The molecular formula is C20H38. The minimum Gasteiger partial charge on any atom is -0.0851 e. The Morgan fingerprint density at radius 2 is 1.80 bits per heavy atom. The van der Waals surface area contributed by atoms with Crippen LogP contribution in [0.15, 0.2) is 12.2 Å². The molecule has 0 saturated carbocycles. The molecule has 0 aromatic rings. The average molecular weight is 279 g/mol. The fourth-order valence-electron chi connectivity index (χ4n) is 3.91. The number of allylic oxidation sites excluding steroid dienone is 2. The van der Waals surface area contributed by atoms with E-state index < -0.39 is 0 Å². The van der Waals surface area contributed by atoms with Crippen LogP contribution >= 0.6 is 0 Å². The summed E-state index contributed by atoms with van der Waals surface area (Å²) < 4.78 is 0. The fourth-order valence-corrected chi connectivity index (χ4v) is 3.91. The van der Waals surface area contributed by atoms with E-state index in [9.17, 15) is 0 Å². The highest BCUT2D eigenvalue weighted by Gasteiger charge is 2.22. The average Bonchev–Trinajstić information content (AvgIpc) is 2.42. The minimum atomic E-state index is 0.859. The lowest BCUT2D eigenvalue weighted by molar-refractivity contribution is 0.281. The quantitative estimate of drug-likeness (QED) is 0.404. The molecule has 0 spiro atoms. The van der Waals surface area contributed by atoms with Crippen LogP contribution in [0.25, 0.3) is 0 Å². The highest BCUT2D eigenvalue weighted by molar-refractivity contribution is 5.00. The molecule has 0 amide bonds. The maximum atomic E-state index is 2.56. The van der Waals surface area contributed by atoms with Gasteiger partial charge in [-0.05, 0) is 48.9 Å². The van der Waals surface area contributed by atoms with Crippen LogP contribution in [0.2, 0.25) is 0 Å². The number of hydrogen-bond acceptors (Lipinski definition) is 0. The molecule has 0 fully saturated rings. The van der Waals surface area contributed by atoms with Crippen molar-refractivity contribution in [2.45, 2.75) is 86.0 Å². The Bertz CT molecular complexity index is 263. The Morgan fingerprint density at radius 1 is 1.05 bits per heavy atom. The molecule has 118 valence electrons. The molecule has 0 saturated heterocycles. The predicted octanol–water partition coefficient (Wildman–Crippen LogP) is 6.86. The van der Waals surface area contributed by atoms with Crippen molar-refractivity contribution in [1.29, 1.82) is 0 Å². The Labute approximate surface area is 128 Å². The molecule has 0 bridgehead atoms. The van der Waals surface area contributed by atoms with E-state index in [-0.39, 0.29) is 0 Å². The summed E-state index contributed by atoms with van der Waals surface area (Å²) >= 11 is 0. The van der Waals surface area contributed by atoms with E-state index in [1.807, 2.05) is 0 Å². The van der Waals surface area contributed by atoms with Crippen LogP contribution in [0.4, 0.5) is 0 Å². The maximum Gasteiger partial charge on any atom is -0.0207 e. The van der Waals surface area contributed by atoms with Gasteiger partial charge in [-0.25, -0.2) is 0 Å². The van der Waals surface area contributed by atoms with Gasteiger partial charge in [0.05, 0.1) is 0 Å². The van der Waals surface area contributed by atoms with E-state index in [4.69, 9.17) is 0 Å². The first-order valence-electron chi connectivity index (χ1n) is 9.26. The standard InChI is InChI=1S/C20H38/c1-6-8-10-18-13-14-20(17(5)15-18)12-9-11-19(7-2)16(3)4/h13-14,16-20H,6-12,15H2,1-5H3. The van der Waals surface area contributed by atoms with Gasteiger partial charge in [0, 0.05) is 0 Å². The van der Waals surface area contributed by atoms with Gasteiger partial charge in [-0.2, -0.15) is 0 Å². The summed E-state index contributed by atoms with van der Waals surface area (Å²) in [5.41, 5.74) is 0. The lowest BCUT2D eigenvalue weighted by Crippen LogP contribution is -2.19. The zero-order valence-corrected chi connectivity index (χ0v) is 14.7. The lowest BCUT2D eigenvalue weighted by atomic mass is 9.76. The lowest BCUT2D eigenvalue weighted by Gasteiger charge is -2.30. The molecule has 0 N–H and O–H groups in total. The van der Waals surface area contributed by atoms with Crippen LogP contribution in [-0.4, -0.2) is 0 Å². The van der Waals surface area contributed by atoms with Crippen LogP contribution in [0.1, 0.15) is 86.0 Å². The van der Waals surface area contributed by atoms with E-state index in [0.717, 1.165) is 29.6 Å². The molecule has 1 aliphatic carbocycles. The highest BCUT2D eigenvalue weighted by atomic mass is 14.3. The fraction of sp³-hybridized carbons (Fsp3) is 0.900. The molecule has 1 aliphatic rings. The summed E-state index contributed by atoms with van der Waals surface area (Å²) in [5.74, 6) is 4.44. The molecular weight excluding hydrogens is 240 g/mol. The second-order valence-corrected chi connectivity index (χ2v) is 7.51. The molecule has 4 unspecified atom stereocenters. The van der Waals surface area contributed by atoms with Crippen molar-refractivity contribution in [3.8, 4) is 0 Å². The molecule has 0 nitrogen and oxygen atoms in total. The third kappa shape index (κ3) is 6.02. The van der Waals surface area contributed by atoms with Gasteiger partial charge < -0.3 is 0 Å². The first-order valence-corrected chi connectivity index (χ1v) is 9.26. The summed E-state index contributed by atoms with van der Waals surface area (Å²) in [6.45, 7) is 11.9. The second-order valence-electron chi connectivity index (χ2n) is 7.51. The molecule has 0 radical (unpaired) electrons. The third-order valence-electron chi connectivity index (χ3n) is 5.54. The zero-order chi connectivity index (χ0) is 15.0. The first-order chi connectivity index (χ1) is 9.58. The molecule has 0 heteroatoms. The van der Waals surface area contributed by atoms with Crippen molar-refractivity contribution >= 4 is 0 Å². The molecule has 1 rings (SSSR count). The summed E-state index contributed by atoms with van der Waals surface area (Å²) in [7, 11) is 0.